The molecule has 31 heavy (non-hydrogen) atoms. The SMILES string of the molecule is CC(C)(C)OC(=O)N1CCC(C[S+]([O-])c2ccc(B3OC(C)(C)C(C)(C)O3)cc2)CC1. The molecule has 0 radical (unpaired) electrons. The van der Waals surface area contributed by atoms with Gasteiger partial charge >= 0.3 is 13.2 Å². The van der Waals surface area contributed by atoms with Crippen LogP contribution in [0.25, 0.3) is 0 Å². The third-order valence-corrected chi connectivity index (χ3v) is 7.89. The van der Waals surface area contributed by atoms with Crippen molar-refractivity contribution >= 4 is 29.9 Å². The summed E-state index contributed by atoms with van der Waals surface area (Å²) in [7, 11) is -0.412. The molecule has 2 fully saturated rings. The maximum atomic E-state index is 12.9. The Kier molecular flexibility index (Phi) is 7.06. The Labute approximate surface area is 190 Å². The zero-order valence-electron chi connectivity index (χ0n) is 19.9. The van der Waals surface area contributed by atoms with E-state index in [0.29, 0.717) is 24.8 Å². The molecule has 6 nitrogen and oxygen atoms in total. The summed E-state index contributed by atoms with van der Waals surface area (Å²) in [6.45, 7) is 15.1. The highest BCUT2D eigenvalue weighted by Crippen LogP contribution is 2.36. The number of carbonyl (C=O) groups is 1. The van der Waals surface area contributed by atoms with Gasteiger partial charge in [0, 0.05) is 19.0 Å². The van der Waals surface area contributed by atoms with Crippen molar-refractivity contribution in [3.05, 3.63) is 24.3 Å². The van der Waals surface area contributed by atoms with Gasteiger partial charge in [-0.3, -0.25) is 0 Å². The highest BCUT2D eigenvalue weighted by Gasteiger charge is 2.51. The van der Waals surface area contributed by atoms with E-state index in [1.54, 1.807) is 4.90 Å². The number of piperidine rings is 1. The molecule has 1 unspecified atom stereocenters. The molecule has 1 amide bonds. The smallest absolute Gasteiger partial charge is 0.494 e. The van der Waals surface area contributed by atoms with E-state index in [1.165, 1.54) is 0 Å². The average Bonchev–Trinajstić information content (AvgIpc) is 2.88. The first kappa shape index (κ1) is 24.4. The van der Waals surface area contributed by atoms with E-state index >= 15 is 0 Å². The summed E-state index contributed by atoms with van der Waals surface area (Å²) in [6.07, 6.45) is 1.43. The number of nitrogens with zero attached hydrogens (tertiary/aromatic N) is 1. The summed E-state index contributed by atoms with van der Waals surface area (Å²) in [4.78, 5) is 14.8. The predicted octanol–water partition coefficient (Wildman–Crippen LogP) is 3.74. The van der Waals surface area contributed by atoms with E-state index in [4.69, 9.17) is 14.0 Å². The molecule has 1 aromatic carbocycles. The lowest BCUT2D eigenvalue weighted by Crippen LogP contribution is -2.42. The summed E-state index contributed by atoms with van der Waals surface area (Å²) >= 11 is -1.08. The van der Waals surface area contributed by atoms with Gasteiger partial charge in [0.05, 0.1) is 11.2 Å². The van der Waals surface area contributed by atoms with Gasteiger partial charge in [0.2, 0.25) is 0 Å². The minimum absolute atomic E-state index is 0.259. The Morgan fingerprint density at radius 2 is 1.65 bits per heavy atom. The average molecular weight is 449 g/mol. The highest BCUT2D eigenvalue weighted by molar-refractivity contribution is 7.91. The van der Waals surface area contributed by atoms with Gasteiger partial charge in [-0.15, -0.1) is 0 Å². The molecule has 0 N–H and O–H groups in total. The van der Waals surface area contributed by atoms with Crippen LogP contribution in [0.5, 0.6) is 0 Å². The molecule has 0 spiro atoms. The van der Waals surface area contributed by atoms with Crippen LogP contribution in [0, 0.1) is 5.92 Å². The Hall–Kier alpha value is -1.22. The van der Waals surface area contributed by atoms with Crippen molar-refractivity contribution < 1.29 is 23.4 Å². The summed E-state index contributed by atoms with van der Waals surface area (Å²) in [5, 5.41) is 0. The molecular weight excluding hydrogens is 413 g/mol. The van der Waals surface area contributed by atoms with Crippen LogP contribution in [-0.2, 0) is 25.2 Å². The van der Waals surface area contributed by atoms with Gasteiger partial charge in [-0.05, 0) is 90.1 Å². The number of likely N-dealkylation sites (tertiary alicyclic amines) is 1. The van der Waals surface area contributed by atoms with E-state index < -0.39 is 23.9 Å². The number of hydrogen-bond acceptors (Lipinski definition) is 5. The number of benzene rings is 1. The van der Waals surface area contributed by atoms with Gasteiger partial charge in [0.1, 0.15) is 11.4 Å². The van der Waals surface area contributed by atoms with Gasteiger partial charge in [-0.1, -0.05) is 12.1 Å². The summed E-state index contributed by atoms with van der Waals surface area (Å²) in [6, 6.07) is 7.71. The quantitative estimate of drug-likeness (QED) is 0.517. The van der Waals surface area contributed by atoms with Crippen molar-refractivity contribution in [3.8, 4) is 0 Å². The second-order valence-electron chi connectivity index (χ2n) is 10.6. The fourth-order valence-corrected chi connectivity index (χ4v) is 5.07. The van der Waals surface area contributed by atoms with Gasteiger partial charge < -0.3 is 23.5 Å². The van der Waals surface area contributed by atoms with Crippen molar-refractivity contribution in [3.63, 3.8) is 0 Å². The molecule has 172 valence electrons. The molecule has 0 aliphatic carbocycles. The lowest BCUT2D eigenvalue weighted by atomic mass is 9.79. The first-order valence-electron chi connectivity index (χ1n) is 11.1. The Morgan fingerprint density at radius 1 is 1.13 bits per heavy atom. The standard InChI is InChI=1S/C23H36BNO5S/c1-21(2,3)28-20(26)25-14-12-17(13-15-25)16-31(27)19-10-8-18(9-11-19)24-29-22(4,5)23(6,7)30-24/h8-11,17H,12-16H2,1-7H3. The number of amides is 1. The minimum atomic E-state index is -1.08. The third kappa shape index (κ3) is 5.98. The van der Waals surface area contributed by atoms with Gasteiger partial charge in [0.25, 0.3) is 0 Å². The van der Waals surface area contributed by atoms with E-state index in [9.17, 15) is 9.35 Å². The Morgan fingerprint density at radius 3 is 2.13 bits per heavy atom. The zero-order valence-corrected chi connectivity index (χ0v) is 20.7. The lowest BCUT2D eigenvalue weighted by molar-refractivity contribution is 0.00578. The number of rotatable bonds is 4. The van der Waals surface area contributed by atoms with Crippen LogP contribution in [0.4, 0.5) is 4.79 Å². The summed E-state index contributed by atoms with van der Waals surface area (Å²) < 4.78 is 30.5. The van der Waals surface area contributed by atoms with E-state index in [-0.39, 0.29) is 17.3 Å². The second kappa shape index (κ2) is 8.97. The third-order valence-electron chi connectivity index (χ3n) is 6.32. The van der Waals surface area contributed by atoms with Crippen molar-refractivity contribution in [2.24, 2.45) is 5.92 Å². The summed E-state index contributed by atoms with van der Waals surface area (Å²) in [5.74, 6) is 0.945. The van der Waals surface area contributed by atoms with Crippen molar-refractivity contribution in [1.29, 1.82) is 0 Å². The number of ether oxygens (including phenoxy) is 1. The van der Waals surface area contributed by atoms with Crippen LogP contribution < -0.4 is 5.46 Å². The number of hydrogen-bond donors (Lipinski definition) is 0. The molecule has 1 atom stereocenters. The van der Waals surface area contributed by atoms with Crippen molar-refractivity contribution in [2.45, 2.75) is 83.0 Å². The van der Waals surface area contributed by atoms with Crippen LogP contribution in [0.2, 0.25) is 0 Å². The van der Waals surface area contributed by atoms with Gasteiger partial charge in [-0.25, -0.2) is 4.79 Å². The van der Waals surface area contributed by atoms with Crippen LogP contribution >= 0.6 is 0 Å². The zero-order chi connectivity index (χ0) is 23.0. The molecule has 1 aromatic rings. The first-order valence-corrected chi connectivity index (χ1v) is 12.4. The molecule has 8 heteroatoms. The van der Waals surface area contributed by atoms with Crippen LogP contribution in [0.3, 0.4) is 0 Å². The lowest BCUT2D eigenvalue weighted by Gasteiger charge is -2.33. The van der Waals surface area contributed by atoms with Crippen molar-refractivity contribution in [2.75, 3.05) is 18.8 Å². The molecule has 0 bridgehead atoms. The molecule has 3 rings (SSSR count). The second-order valence-corrected chi connectivity index (χ2v) is 12.1. The normalized spacial score (nSPS) is 22.5. The maximum absolute atomic E-state index is 12.9. The Balaban J connectivity index is 1.51. The number of carbonyl (C=O) groups excluding carboxylic acids is 1. The predicted molar refractivity (Wildman–Crippen MR) is 124 cm³/mol. The molecule has 2 aliphatic rings. The topological polar surface area (TPSA) is 71.1 Å². The molecule has 0 saturated carbocycles. The van der Waals surface area contributed by atoms with Gasteiger partial charge in [-0.2, -0.15) is 0 Å². The van der Waals surface area contributed by atoms with Crippen molar-refractivity contribution in [1.82, 2.24) is 4.90 Å². The molecular formula is C23H36BNO5S. The molecule has 2 saturated heterocycles. The van der Waals surface area contributed by atoms with Gasteiger partial charge in [0.15, 0.2) is 4.90 Å². The highest BCUT2D eigenvalue weighted by atomic mass is 32.2. The molecule has 2 heterocycles. The maximum Gasteiger partial charge on any atom is 0.494 e. The van der Waals surface area contributed by atoms with Crippen LogP contribution in [0.15, 0.2) is 29.2 Å². The Bertz CT molecular complexity index is 753. The van der Waals surface area contributed by atoms with E-state index in [0.717, 1.165) is 23.2 Å². The fourth-order valence-electron chi connectivity index (χ4n) is 3.67. The first-order chi connectivity index (χ1) is 14.3. The summed E-state index contributed by atoms with van der Waals surface area (Å²) in [5.41, 5.74) is -0.312. The fraction of sp³-hybridized carbons (Fsp3) is 0.696. The van der Waals surface area contributed by atoms with Crippen LogP contribution in [0.1, 0.15) is 61.3 Å². The minimum Gasteiger partial charge on any atom is -0.611 e. The van der Waals surface area contributed by atoms with Crippen LogP contribution in [-0.4, -0.2) is 58.3 Å². The van der Waals surface area contributed by atoms with E-state index in [2.05, 4.69) is 0 Å². The molecule has 0 aromatic heterocycles. The van der Waals surface area contributed by atoms with E-state index in [1.807, 2.05) is 72.7 Å². The largest absolute Gasteiger partial charge is 0.611 e. The monoisotopic (exact) mass is 449 g/mol. The molecule has 2 aliphatic heterocycles.